The topological polar surface area (TPSA) is 29.1 Å². The van der Waals surface area contributed by atoms with Crippen LogP contribution < -0.4 is 5.32 Å². The molecule has 2 rings (SSSR count). The van der Waals surface area contributed by atoms with Crippen LogP contribution in [0.4, 0.5) is 5.69 Å². The normalized spacial score (nSPS) is 11.9. The lowest BCUT2D eigenvalue weighted by atomic mass is 9.95. The van der Waals surface area contributed by atoms with Crippen LogP contribution in [0.1, 0.15) is 30.4 Å². The highest BCUT2D eigenvalue weighted by Gasteiger charge is 2.19. The molecule has 2 aromatic carbocycles. The first kappa shape index (κ1) is 14.6. The monoisotopic (exact) mass is 287 g/mol. The van der Waals surface area contributed by atoms with E-state index in [0.29, 0.717) is 5.02 Å². The summed E-state index contributed by atoms with van der Waals surface area (Å²) in [5, 5.41) is 3.60. The van der Waals surface area contributed by atoms with E-state index in [1.54, 1.807) is 6.07 Å². The largest absolute Gasteiger partial charge is 0.325 e. The zero-order valence-electron chi connectivity index (χ0n) is 11.7. The zero-order chi connectivity index (χ0) is 14.5. The van der Waals surface area contributed by atoms with Crippen LogP contribution in [0.2, 0.25) is 5.02 Å². The molecule has 0 unspecified atom stereocenters. The Kier molecular flexibility index (Phi) is 4.80. The Morgan fingerprint density at radius 1 is 1.20 bits per heavy atom. The zero-order valence-corrected chi connectivity index (χ0v) is 12.4. The molecule has 0 aliphatic rings. The van der Waals surface area contributed by atoms with Crippen LogP contribution >= 0.6 is 11.6 Å². The molecule has 0 fully saturated rings. The highest BCUT2D eigenvalue weighted by atomic mass is 35.5. The molecule has 0 aliphatic carbocycles. The maximum absolute atomic E-state index is 12.5. The molecule has 1 N–H and O–H groups in total. The Balaban J connectivity index is 2.20. The van der Waals surface area contributed by atoms with E-state index < -0.39 is 0 Å². The first-order chi connectivity index (χ1) is 9.61. The summed E-state index contributed by atoms with van der Waals surface area (Å²) in [7, 11) is 0. The van der Waals surface area contributed by atoms with Gasteiger partial charge in [-0.15, -0.1) is 0 Å². The summed E-state index contributed by atoms with van der Waals surface area (Å²) in [6, 6.07) is 15.3. The quantitative estimate of drug-likeness (QED) is 0.861. The second-order valence-electron chi connectivity index (χ2n) is 4.82. The molecule has 0 saturated carbocycles. The summed E-state index contributed by atoms with van der Waals surface area (Å²) in [6.45, 7) is 3.97. The fraction of sp³-hybridized carbons (Fsp3) is 0.235. The van der Waals surface area contributed by atoms with Crippen molar-refractivity contribution in [1.29, 1.82) is 0 Å². The number of carbonyl (C=O) groups excluding carboxylic acids is 1. The Morgan fingerprint density at radius 2 is 1.90 bits per heavy atom. The van der Waals surface area contributed by atoms with Crippen LogP contribution in [-0.4, -0.2) is 5.91 Å². The van der Waals surface area contributed by atoms with Gasteiger partial charge in [0.1, 0.15) is 0 Å². The van der Waals surface area contributed by atoms with Gasteiger partial charge >= 0.3 is 0 Å². The number of anilines is 1. The predicted molar refractivity (Wildman–Crippen MR) is 84.3 cm³/mol. The maximum atomic E-state index is 12.5. The molecule has 1 amide bonds. The van der Waals surface area contributed by atoms with Gasteiger partial charge in [0.15, 0.2) is 0 Å². The minimum Gasteiger partial charge on any atom is -0.325 e. The second kappa shape index (κ2) is 6.58. The summed E-state index contributed by atoms with van der Waals surface area (Å²) in [5.74, 6) is -0.140. The van der Waals surface area contributed by atoms with Gasteiger partial charge in [-0.05, 0) is 36.6 Å². The number of halogens is 1. The third kappa shape index (κ3) is 3.40. The molecule has 2 aromatic rings. The second-order valence-corrected chi connectivity index (χ2v) is 5.26. The highest BCUT2D eigenvalue weighted by molar-refractivity contribution is 6.31. The number of benzene rings is 2. The van der Waals surface area contributed by atoms with Crippen molar-refractivity contribution >= 4 is 23.2 Å². The van der Waals surface area contributed by atoms with Crippen molar-refractivity contribution in [2.75, 3.05) is 5.32 Å². The SMILES string of the molecule is CC[C@@H](C(=O)Nc1cc(Cl)ccc1C)c1ccccc1. The molecule has 2 nitrogen and oxygen atoms in total. The average Bonchev–Trinajstić information content (AvgIpc) is 2.45. The molecule has 20 heavy (non-hydrogen) atoms. The van der Waals surface area contributed by atoms with Crippen LogP contribution in [0.15, 0.2) is 48.5 Å². The molecule has 3 heteroatoms. The average molecular weight is 288 g/mol. The van der Waals surface area contributed by atoms with Crippen molar-refractivity contribution in [3.05, 3.63) is 64.7 Å². The third-order valence-electron chi connectivity index (χ3n) is 3.38. The van der Waals surface area contributed by atoms with Crippen molar-refractivity contribution in [2.45, 2.75) is 26.2 Å². The van der Waals surface area contributed by atoms with Crippen molar-refractivity contribution in [3.63, 3.8) is 0 Å². The van der Waals surface area contributed by atoms with E-state index in [4.69, 9.17) is 11.6 Å². The van der Waals surface area contributed by atoms with Crippen LogP contribution in [0.25, 0.3) is 0 Å². The van der Waals surface area contributed by atoms with E-state index in [2.05, 4.69) is 5.32 Å². The Bertz CT molecular complexity index is 595. The van der Waals surface area contributed by atoms with Gasteiger partial charge in [0.25, 0.3) is 0 Å². The van der Waals surface area contributed by atoms with Gasteiger partial charge in [0.05, 0.1) is 5.92 Å². The maximum Gasteiger partial charge on any atom is 0.231 e. The smallest absolute Gasteiger partial charge is 0.231 e. The van der Waals surface area contributed by atoms with Gasteiger partial charge in [-0.1, -0.05) is 54.9 Å². The Hall–Kier alpha value is -1.80. The Labute approximate surface area is 124 Å². The van der Waals surface area contributed by atoms with Crippen LogP contribution in [0.5, 0.6) is 0 Å². The molecular formula is C17H18ClNO. The van der Waals surface area contributed by atoms with Gasteiger partial charge < -0.3 is 5.32 Å². The number of hydrogen-bond donors (Lipinski definition) is 1. The number of nitrogens with one attached hydrogen (secondary N) is 1. The molecule has 104 valence electrons. The molecule has 0 aromatic heterocycles. The lowest BCUT2D eigenvalue weighted by Gasteiger charge is -2.16. The van der Waals surface area contributed by atoms with Gasteiger partial charge in [0, 0.05) is 10.7 Å². The molecule has 0 aliphatic heterocycles. The molecule has 0 heterocycles. The minimum atomic E-state index is -0.144. The fourth-order valence-corrected chi connectivity index (χ4v) is 2.38. The summed E-state index contributed by atoms with van der Waals surface area (Å²) in [4.78, 5) is 12.5. The molecule has 1 atom stereocenters. The van der Waals surface area contributed by atoms with Gasteiger partial charge in [-0.25, -0.2) is 0 Å². The number of aryl methyl sites for hydroxylation is 1. The van der Waals surface area contributed by atoms with E-state index in [1.165, 1.54) is 0 Å². The number of amides is 1. The first-order valence-corrected chi connectivity index (χ1v) is 7.11. The molecule has 0 bridgehead atoms. The van der Waals surface area contributed by atoms with Crippen LogP contribution in [0, 0.1) is 6.92 Å². The number of rotatable bonds is 4. The molecular weight excluding hydrogens is 270 g/mol. The van der Waals surface area contributed by atoms with E-state index >= 15 is 0 Å². The minimum absolute atomic E-state index is 0.00377. The van der Waals surface area contributed by atoms with Gasteiger partial charge in [-0.3, -0.25) is 4.79 Å². The Morgan fingerprint density at radius 3 is 2.55 bits per heavy atom. The van der Waals surface area contributed by atoms with Gasteiger partial charge in [0.2, 0.25) is 5.91 Å². The number of hydrogen-bond acceptors (Lipinski definition) is 1. The molecule has 0 radical (unpaired) electrons. The van der Waals surface area contributed by atoms with E-state index in [9.17, 15) is 4.79 Å². The van der Waals surface area contributed by atoms with Crippen LogP contribution in [0.3, 0.4) is 0 Å². The summed E-state index contributed by atoms with van der Waals surface area (Å²) in [5.41, 5.74) is 2.81. The van der Waals surface area contributed by atoms with Crippen LogP contribution in [-0.2, 0) is 4.79 Å². The highest BCUT2D eigenvalue weighted by Crippen LogP contribution is 2.24. The summed E-state index contributed by atoms with van der Waals surface area (Å²) >= 11 is 5.98. The van der Waals surface area contributed by atoms with Gasteiger partial charge in [-0.2, -0.15) is 0 Å². The molecule has 0 saturated heterocycles. The van der Waals surface area contributed by atoms with Crippen molar-refractivity contribution in [2.24, 2.45) is 0 Å². The van der Waals surface area contributed by atoms with Crippen molar-refractivity contribution < 1.29 is 4.79 Å². The molecule has 0 spiro atoms. The van der Waals surface area contributed by atoms with E-state index in [0.717, 1.165) is 23.2 Å². The lowest BCUT2D eigenvalue weighted by molar-refractivity contribution is -0.117. The van der Waals surface area contributed by atoms with E-state index in [-0.39, 0.29) is 11.8 Å². The van der Waals surface area contributed by atoms with Crippen molar-refractivity contribution in [1.82, 2.24) is 0 Å². The number of carbonyl (C=O) groups is 1. The standard InChI is InChI=1S/C17H18ClNO/c1-3-15(13-7-5-4-6-8-13)17(20)19-16-11-14(18)10-9-12(16)2/h4-11,15H,3H2,1-2H3,(H,19,20)/t15-/m1/s1. The lowest BCUT2D eigenvalue weighted by Crippen LogP contribution is -2.21. The fourth-order valence-electron chi connectivity index (χ4n) is 2.21. The summed E-state index contributed by atoms with van der Waals surface area (Å²) < 4.78 is 0. The van der Waals surface area contributed by atoms with Crippen molar-refractivity contribution in [3.8, 4) is 0 Å². The predicted octanol–water partition coefficient (Wildman–Crippen LogP) is 4.78. The van der Waals surface area contributed by atoms with E-state index in [1.807, 2.05) is 56.3 Å². The first-order valence-electron chi connectivity index (χ1n) is 6.73. The summed E-state index contributed by atoms with van der Waals surface area (Å²) in [6.07, 6.45) is 0.759. The third-order valence-corrected chi connectivity index (χ3v) is 3.62.